The minimum absolute atomic E-state index is 0.210. The maximum atomic E-state index is 12.5. The third-order valence-electron chi connectivity index (χ3n) is 4.40. The molecule has 1 fully saturated rings. The minimum atomic E-state index is 0.210. The van der Waals surface area contributed by atoms with E-state index in [4.69, 9.17) is 9.47 Å². The number of hydrogen-bond acceptors (Lipinski definition) is 3. The highest BCUT2D eigenvalue weighted by Crippen LogP contribution is 2.28. The summed E-state index contributed by atoms with van der Waals surface area (Å²) in [6, 6.07) is 15.7. The van der Waals surface area contributed by atoms with Crippen molar-refractivity contribution in [3.05, 3.63) is 70.8 Å². The predicted molar refractivity (Wildman–Crippen MR) is 101 cm³/mol. The molecule has 0 spiro atoms. The minimum Gasteiger partial charge on any atom is -0.497 e. The van der Waals surface area contributed by atoms with Crippen molar-refractivity contribution < 1.29 is 14.3 Å². The number of methoxy groups -OCH3 is 2. The van der Waals surface area contributed by atoms with Gasteiger partial charge in [-0.1, -0.05) is 35.9 Å². The fourth-order valence-electron chi connectivity index (χ4n) is 2.96. The molecule has 0 N–H and O–H groups in total. The molecule has 0 unspecified atom stereocenters. The fourth-order valence-corrected chi connectivity index (χ4v) is 2.96. The first-order chi connectivity index (χ1) is 12.2. The van der Waals surface area contributed by atoms with Crippen molar-refractivity contribution >= 4 is 17.9 Å². The van der Waals surface area contributed by atoms with Gasteiger partial charge in [0.15, 0.2) is 5.78 Å². The Bertz CT molecular complexity index is 796. The van der Waals surface area contributed by atoms with Crippen LogP contribution in [0.1, 0.15) is 30.4 Å². The molecule has 1 aliphatic rings. The summed E-state index contributed by atoms with van der Waals surface area (Å²) in [6.45, 7) is 0. The van der Waals surface area contributed by atoms with Crippen LogP contribution < -0.4 is 9.47 Å². The van der Waals surface area contributed by atoms with Gasteiger partial charge in [0, 0.05) is 6.42 Å². The first-order valence-electron chi connectivity index (χ1n) is 8.39. The summed E-state index contributed by atoms with van der Waals surface area (Å²) >= 11 is 0. The predicted octanol–water partition coefficient (Wildman–Crippen LogP) is 4.92. The molecule has 1 saturated carbocycles. The zero-order valence-electron chi connectivity index (χ0n) is 14.6. The van der Waals surface area contributed by atoms with E-state index >= 15 is 0 Å². The Balaban J connectivity index is 1.69. The molecule has 25 heavy (non-hydrogen) atoms. The van der Waals surface area contributed by atoms with Crippen LogP contribution in [0.2, 0.25) is 0 Å². The van der Waals surface area contributed by atoms with E-state index in [1.54, 1.807) is 14.2 Å². The quantitative estimate of drug-likeness (QED) is 0.744. The van der Waals surface area contributed by atoms with Gasteiger partial charge in [0.2, 0.25) is 0 Å². The summed E-state index contributed by atoms with van der Waals surface area (Å²) in [5.41, 5.74) is 4.22. The Morgan fingerprint density at radius 1 is 0.760 bits per heavy atom. The second-order valence-electron chi connectivity index (χ2n) is 6.12. The number of benzene rings is 2. The number of ketones is 1. The maximum Gasteiger partial charge on any atom is 0.162 e. The second-order valence-corrected chi connectivity index (χ2v) is 6.12. The molecule has 1 aliphatic carbocycles. The van der Waals surface area contributed by atoms with Gasteiger partial charge in [-0.25, -0.2) is 0 Å². The molecular formula is C22H22O3. The van der Waals surface area contributed by atoms with E-state index in [0.717, 1.165) is 41.0 Å². The fraction of sp³-hybridized carbons (Fsp3) is 0.227. The number of ether oxygens (including phenoxy) is 2. The summed E-state index contributed by atoms with van der Waals surface area (Å²) in [6.07, 6.45) is 6.30. The third kappa shape index (κ3) is 4.38. The van der Waals surface area contributed by atoms with Gasteiger partial charge < -0.3 is 9.47 Å². The van der Waals surface area contributed by atoms with Crippen molar-refractivity contribution in [3.8, 4) is 11.5 Å². The van der Waals surface area contributed by atoms with Crippen LogP contribution in [0, 0.1) is 0 Å². The molecule has 2 aromatic carbocycles. The number of rotatable bonds is 4. The highest BCUT2D eigenvalue weighted by atomic mass is 16.5. The molecular weight excluding hydrogens is 312 g/mol. The van der Waals surface area contributed by atoms with Crippen LogP contribution in [0.3, 0.4) is 0 Å². The van der Waals surface area contributed by atoms with Gasteiger partial charge in [-0.15, -0.1) is 0 Å². The Kier molecular flexibility index (Phi) is 5.34. The van der Waals surface area contributed by atoms with E-state index in [2.05, 4.69) is 6.08 Å². The van der Waals surface area contributed by atoms with Gasteiger partial charge in [0.1, 0.15) is 11.5 Å². The normalized spacial score (nSPS) is 17.8. The van der Waals surface area contributed by atoms with Gasteiger partial charge in [-0.3, -0.25) is 4.79 Å². The molecule has 2 aromatic rings. The number of Topliss-reactive ketones (excluding diaryl/α,β-unsaturated/α-hetero) is 1. The molecule has 128 valence electrons. The van der Waals surface area contributed by atoms with Crippen LogP contribution >= 0.6 is 0 Å². The molecule has 0 aromatic heterocycles. The highest BCUT2D eigenvalue weighted by Gasteiger charge is 2.18. The average molecular weight is 334 g/mol. The molecule has 0 amide bonds. The van der Waals surface area contributed by atoms with Crippen LogP contribution in [0.25, 0.3) is 12.2 Å². The first-order valence-corrected chi connectivity index (χ1v) is 8.39. The van der Waals surface area contributed by atoms with Crippen molar-refractivity contribution in [3.63, 3.8) is 0 Å². The molecule has 0 saturated heterocycles. The second kappa shape index (κ2) is 7.84. The zero-order chi connectivity index (χ0) is 17.6. The van der Waals surface area contributed by atoms with E-state index in [1.165, 1.54) is 5.57 Å². The molecule has 3 rings (SSSR count). The van der Waals surface area contributed by atoms with Crippen LogP contribution in [0.4, 0.5) is 0 Å². The van der Waals surface area contributed by atoms with Gasteiger partial charge in [-0.2, -0.15) is 0 Å². The monoisotopic (exact) mass is 334 g/mol. The topological polar surface area (TPSA) is 35.5 Å². The van der Waals surface area contributed by atoms with E-state index in [9.17, 15) is 4.79 Å². The van der Waals surface area contributed by atoms with Crippen LogP contribution in [0.5, 0.6) is 11.5 Å². The Morgan fingerprint density at radius 3 is 1.76 bits per heavy atom. The lowest BCUT2D eigenvalue weighted by atomic mass is 9.87. The standard InChI is InChI=1S/C22H22O3/c1-24-20-9-4-16(5-10-20)13-18-3-8-19(22(23)15-18)14-17-6-11-21(25-2)12-7-17/h4-7,9-14H,3,8,15H2,1-2H3/b18-13-,19-14-. The molecule has 0 aliphatic heterocycles. The molecule has 0 radical (unpaired) electrons. The summed E-state index contributed by atoms with van der Waals surface area (Å²) in [5, 5.41) is 0. The largest absolute Gasteiger partial charge is 0.497 e. The Labute approximate surface area is 148 Å². The van der Waals surface area contributed by atoms with Crippen molar-refractivity contribution in [2.75, 3.05) is 14.2 Å². The van der Waals surface area contributed by atoms with E-state index in [-0.39, 0.29) is 5.78 Å². The smallest absolute Gasteiger partial charge is 0.162 e. The van der Waals surface area contributed by atoms with Crippen LogP contribution in [-0.4, -0.2) is 20.0 Å². The van der Waals surface area contributed by atoms with Gasteiger partial charge in [0.25, 0.3) is 0 Å². The Morgan fingerprint density at radius 2 is 1.28 bits per heavy atom. The summed E-state index contributed by atoms with van der Waals surface area (Å²) in [7, 11) is 3.30. The van der Waals surface area contributed by atoms with E-state index < -0.39 is 0 Å². The lowest BCUT2D eigenvalue weighted by Crippen LogP contribution is -2.10. The van der Waals surface area contributed by atoms with Gasteiger partial charge in [0.05, 0.1) is 14.2 Å². The number of allylic oxidation sites excluding steroid dienone is 2. The zero-order valence-corrected chi connectivity index (χ0v) is 14.6. The van der Waals surface area contributed by atoms with Crippen LogP contribution in [0.15, 0.2) is 59.7 Å². The summed E-state index contributed by atoms with van der Waals surface area (Å²) in [4.78, 5) is 12.5. The molecule has 3 nitrogen and oxygen atoms in total. The first kappa shape index (κ1) is 17.0. The van der Waals surface area contributed by atoms with Crippen LogP contribution in [-0.2, 0) is 4.79 Å². The van der Waals surface area contributed by atoms with E-state index in [0.29, 0.717) is 6.42 Å². The number of carbonyl (C=O) groups excluding carboxylic acids is 1. The highest BCUT2D eigenvalue weighted by molar-refractivity contribution is 6.02. The third-order valence-corrected chi connectivity index (χ3v) is 4.40. The van der Waals surface area contributed by atoms with Crippen molar-refractivity contribution in [2.24, 2.45) is 0 Å². The lowest BCUT2D eigenvalue weighted by Gasteiger charge is -2.17. The summed E-state index contributed by atoms with van der Waals surface area (Å²) < 4.78 is 10.3. The van der Waals surface area contributed by atoms with Crippen molar-refractivity contribution in [1.29, 1.82) is 0 Å². The SMILES string of the molecule is COc1ccc(/C=C2/CC/C(=C/c3ccc(OC)cc3)C(=O)C2)cc1. The summed E-state index contributed by atoms with van der Waals surface area (Å²) in [5.74, 6) is 1.87. The van der Waals surface area contributed by atoms with Gasteiger partial charge in [-0.05, 0) is 59.9 Å². The van der Waals surface area contributed by atoms with E-state index in [1.807, 2.05) is 54.6 Å². The average Bonchev–Trinajstić information content (AvgIpc) is 2.65. The molecule has 0 bridgehead atoms. The van der Waals surface area contributed by atoms with Crippen molar-refractivity contribution in [2.45, 2.75) is 19.3 Å². The lowest BCUT2D eigenvalue weighted by molar-refractivity contribution is -0.115. The van der Waals surface area contributed by atoms with Crippen molar-refractivity contribution in [1.82, 2.24) is 0 Å². The number of carbonyl (C=O) groups is 1. The molecule has 0 heterocycles. The molecule has 0 atom stereocenters. The van der Waals surface area contributed by atoms with Gasteiger partial charge >= 0.3 is 0 Å². The Hall–Kier alpha value is -2.81. The maximum absolute atomic E-state index is 12.5. The molecule has 3 heteroatoms. The number of hydrogen-bond donors (Lipinski definition) is 0.